The van der Waals surface area contributed by atoms with Gasteiger partial charge < -0.3 is 14.9 Å². The van der Waals surface area contributed by atoms with Crippen LogP contribution in [0.3, 0.4) is 0 Å². The van der Waals surface area contributed by atoms with Crippen molar-refractivity contribution >= 4 is 43.0 Å². The maximum absolute atomic E-state index is 10.3. The fourth-order valence-electron chi connectivity index (χ4n) is 5.09. The molecule has 0 amide bonds. The standard InChI is InChI=1S/C29H18O3S/c30-19-9-5-16-7-11-23-27(21(16)14-19)29(26-13-18-3-1-2-4-25(18)33-26)28-22-15-20(31)10-6-17(22)8-12-24(28)32-23/h1-15,29-31H. The Hall–Kier alpha value is -4.02. The van der Waals surface area contributed by atoms with Crippen molar-refractivity contribution in [3.63, 3.8) is 0 Å². The van der Waals surface area contributed by atoms with Crippen LogP contribution in [0.4, 0.5) is 0 Å². The number of phenolic OH excluding ortho intramolecular Hbond substituents is 2. The van der Waals surface area contributed by atoms with Gasteiger partial charge in [-0.3, -0.25) is 0 Å². The van der Waals surface area contributed by atoms with E-state index in [-0.39, 0.29) is 17.4 Å². The fourth-order valence-corrected chi connectivity index (χ4v) is 6.27. The summed E-state index contributed by atoms with van der Waals surface area (Å²) in [7, 11) is 0. The van der Waals surface area contributed by atoms with Crippen molar-refractivity contribution in [1.82, 2.24) is 0 Å². The van der Waals surface area contributed by atoms with Crippen LogP contribution >= 0.6 is 11.3 Å². The smallest absolute Gasteiger partial charge is 0.132 e. The number of fused-ring (bicyclic) bond motifs is 7. The SMILES string of the molecule is Oc1ccc2ccc3c(c2c1)C(c1cc2ccccc2s1)c1c(ccc2ccc(O)cc12)O3. The molecule has 1 aliphatic rings. The Morgan fingerprint density at radius 2 is 1.18 bits per heavy atom. The zero-order valence-corrected chi connectivity index (χ0v) is 18.3. The third-order valence-electron chi connectivity index (χ3n) is 6.54. The second-order valence-electron chi connectivity index (χ2n) is 8.49. The summed E-state index contributed by atoms with van der Waals surface area (Å²) >= 11 is 1.78. The lowest BCUT2D eigenvalue weighted by atomic mass is 9.81. The predicted molar refractivity (Wildman–Crippen MR) is 134 cm³/mol. The summed E-state index contributed by atoms with van der Waals surface area (Å²) in [5, 5.41) is 25.9. The van der Waals surface area contributed by atoms with Gasteiger partial charge in [0.1, 0.15) is 23.0 Å². The minimum Gasteiger partial charge on any atom is -0.508 e. The minimum absolute atomic E-state index is 0.0999. The lowest BCUT2D eigenvalue weighted by Crippen LogP contribution is -2.12. The molecule has 0 bridgehead atoms. The van der Waals surface area contributed by atoms with E-state index in [1.807, 2.05) is 48.5 Å². The van der Waals surface area contributed by atoms with Crippen LogP contribution in [-0.4, -0.2) is 10.2 Å². The van der Waals surface area contributed by atoms with E-state index < -0.39 is 0 Å². The van der Waals surface area contributed by atoms with Crippen LogP contribution in [-0.2, 0) is 0 Å². The number of benzene rings is 5. The van der Waals surface area contributed by atoms with E-state index in [9.17, 15) is 10.2 Å². The molecule has 33 heavy (non-hydrogen) atoms. The van der Waals surface area contributed by atoms with Gasteiger partial charge in [0.25, 0.3) is 0 Å². The van der Waals surface area contributed by atoms with Crippen molar-refractivity contribution in [3.05, 3.63) is 107 Å². The van der Waals surface area contributed by atoms with Crippen LogP contribution < -0.4 is 4.74 Å². The topological polar surface area (TPSA) is 49.7 Å². The average molecular weight is 447 g/mol. The molecule has 2 N–H and O–H groups in total. The molecule has 0 radical (unpaired) electrons. The molecule has 0 spiro atoms. The largest absolute Gasteiger partial charge is 0.508 e. The summed E-state index contributed by atoms with van der Waals surface area (Å²) < 4.78 is 7.67. The number of hydrogen-bond acceptors (Lipinski definition) is 4. The van der Waals surface area contributed by atoms with Crippen molar-refractivity contribution in [3.8, 4) is 23.0 Å². The highest BCUT2D eigenvalue weighted by molar-refractivity contribution is 7.19. The molecule has 158 valence electrons. The zero-order chi connectivity index (χ0) is 22.1. The van der Waals surface area contributed by atoms with E-state index in [1.54, 1.807) is 23.5 Å². The van der Waals surface area contributed by atoms with Gasteiger partial charge in [-0.15, -0.1) is 11.3 Å². The molecular formula is C29H18O3S. The molecule has 5 aromatic carbocycles. The fraction of sp³-hybridized carbons (Fsp3) is 0.0345. The van der Waals surface area contributed by atoms with Crippen molar-refractivity contribution in [2.24, 2.45) is 0 Å². The van der Waals surface area contributed by atoms with E-state index in [1.165, 1.54) is 15.0 Å². The quantitative estimate of drug-likeness (QED) is 0.269. The molecule has 3 nitrogen and oxygen atoms in total. The summed E-state index contributed by atoms with van der Waals surface area (Å²) in [6, 6.07) is 29.7. The number of thiophene rings is 1. The van der Waals surface area contributed by atoms with Crippen LogP contribution in [0.5, 0.6) is 23.0 Å². The molecule has 1 aromatic heterocycles. The molecule has 0 atom stereocenters. The van der Waals surface area contributed by atoms with E-state index in [0.717, 1.165) is 44.2 Å². The van der Waals surface area contributed by atoms with Gasteiger partial charge >= 0.3 is 0 Å². The van der Waals surface area contributed by atoms with E-state index in [2.05, 4.69) is 30.3 Å². The van der Waals surface area contributed by atoms with Gasteiger partial charge in [-0.1, -0.05) is 42.5 Å². The second-order valence-corrected chi connectivity index (χ2v) is 9.60. The van der Waals surface area contributed by atoms with Crippen LogP contribution in [0, 0.1) is 0 Å². The Labute approximate surface area is 193 Å². The van der Waals surface area contributed by atoms with Crippen molar-refractivity contribution in [2.45, 2.75) is 5.92 Å². The molecule has 0 saturated heterocycles. The maximum atomic E-state index is 10.3. The summed E-state index contributed by atoms with van der Waals surface area (Å²) in [6.45, 7) is 0. The van der Waals surface area contributed by atoms with Crippen LogP contribution in [0.25, 0.3) is 31.6 Å². The first kappa shape index (κ1) is 18.5. The molecular weight excluding hydrogens is 428 g/mol. The molecule has 0 aliphatic carbocycles. The summed E-state index contributed by atoms with van der Waals surface area (Å²) in [5.74, 6) is 1.95. The molecule has 4 heteroatoms. The minimum atomic E-state index is -0.0999. The Kier molecular flexibility index (Phi) is 3.79. The van der Waals surface area contributed by atoms with Crippen LogP contribution in [0.2, 0.25) is 0 Å². The zero-order valence-electron chi connectivity index (χ0n) is 17.4. The van der Waals surface area contributed by atoms with E-state index >= 15 is 0 Å². The Morgan fingerprint density at radius 3 is 1.79 bits per heavy atom. The first-order chi connectivity index (χ1) is 16.2. The highest BCUT2D eigenvalue weighted by atomic mass is 32.1. The molecule has 0 unspecified atom stereocenters. The number of ether oxygens (including phenoxy) is 1. The molecule has 0 fully saturated rings. The predicted octanol–water partition coefficient (Wildman–Crippen LogP) is 7.90. The lowest BCUT2D eigenvalue weighted by Gasteiger charge is -2.30. The second kappa shape index (κ2) is 6.74. The number of hydrogen-bond donors (Lipinski definition) is 2. The van der Waals surface area contributed by atoms with Gasteiger partial charge in [0.05, 0.1) is 5.92 Å². The van der Waals surface area contributed by atoms with Crippen LogP contribution in [0.15, 0.2) is 91.0 Å². The highest BCUT2D eigenvalue weighted by Gasteiger charge is 2.33. The first-order valence-corrected chi connectivity index (χ1v) is 11.6. The van der Waals surface area contributed by atoms with Gasteiger partial charge in [0.2, 0.25) is 0 Å². The van der Waals surface area contributed by atoms with Gasteiger partial charge in [0.15, 0.2) is 0 Å². The van der Waals surface area contributed by atoms with E-state index in [4.69, 9.17) is 4.74 Å². The number of phenols is 2. The van der Waals surface area contributed by atoms with Crippen molar-refractivity contribution in [2.75, 3.05) is 0 Å². The van der Waals surface area contributed by atoms with Crippen LogP contribution in [0.1, 0.15) is 21.9 Å². The monoisotopic (exact) mass is 446 g/mol. The molecule has 1 aliphatic heterocycles. The highest BCUT2D eigenvalue weighted by Crippen LogP contribution is 2.54. The lowest BCUT2D eigenvalue weighted by molar-refractivity contribution is 0.456. The first-order valence-electron chi connectivity index (χ1n) is 10.8. The Bertz CT molecular complexity index is 1610. The third kappa shape index (κ3) is 2.74. The van der Waals surface area contributed by atoms with Gasteiger partial charge in [0, 0.05) is 20.7 Å². The normalized spacial score (nSPS) is 13.2. The van der Waals surface area contributed by atoms with Crippen molar-refractivity contribution < 1.29 is 14.9 Å². The molecule has 7 rings (SSSR count). The Balaban J connectivity index is 1.63. The summed E-state index contributed by atoms with van der Waals surface area (Å²) in [4.78, 5) is 1.20. The van der Waals surface area contributed by atoms with Gasteiger partial charge in [-0.2, -0.15) is 0 Å². The van der Waals surface area contributed by atoms with Crippen molar-refractivity contribution in [1.29, 1.82) is 0 Å². The average Bonchev–Trinajstić information content (AvgIpc) is 3.26. The molecule has 2 heterocycles. The third-order valence-corrected chi connectivity index (χ3v) is 7.72. The summed E-state index contributed by atoms with van der Waals surface area (Å²) in [6.07, 6.45) is 0. The van der Waals surface area contributed by atoms with Gasteiger partial charge in [-0.05, 0) is 75.5 Å². The van der Waals surface area contributed by atoms with E-state index in [0.29, 0.717) is 0 Å². The number of rotatable bonds is 1. The Morgan fingerprint density at radius 1 is 0.606 bits per heavy atom. The van der Waals surface area contributed by atoms with Gasteiger partial charge in [-0.25, -0.2) is 0 Å². The summed E-state index contributed by atoms with van der Waals surface area (Å²) in [5.41, 5.74) is 2.08. The molecule has 0 saturated carbocycles. The maximum Gasteiger partial charge on any atom is 0.132 e. The molecule has 6 aromatic rings. The number of aromatic hydroxyl groups is 2.